The quantitative estimate of drug-likeness (QED) is 0.828. The minimum absolute atomic E-state index is 0. The van der Waals surface area contributed by atoms with Crippen molar-refractivity contribution in [2.45, 2.75) is 19.5 Å². The average Bonchev–Trinajstić information content (AvgIpc) is 2.28. The number of benzene rings is 1. The third-order valence-corrected chi connectivity index (χ3v) is 2.27. The standard InChI is InChI=1S/C12H18N2O2.ClH/c1-9-3-5-10(6-4-9)7-14-12(15)11(13)8-16-2;/h3-6,11H,7-8,13H2,1-2H3,(H,14,15);1H. The molecule has 5 heteroatoms. The Bertz CT molecular complexity index is 341. The maximum Gasteiger partial charge on any atom is 0.239 e. The van der Waals surface area contributed by atoms with Gasteiger partial charge in [-0.3, -0.25) is 4.79 Å². The van der Waals surface area contributed by atoms with Crippen molar-refractivity contribution in [3.8, 4) is 0 Å². The summed E-state index contributed by atoms with van der Waals surface area (Å²) < 4.78 is 4.81. The van der Waals surface area contributed by atoms with Crippen molar-refractivity contribution in [1.82, 2.24) is 5.32 Å². The van der Waals surface area contributed by atoms with E-state index >= 15 is 0 Å². The van der Waals surface area contributed by atoms with Gasteiger partial charge in [-0.15, -0.1) is 12.4 Å². The molecule has 1 aromatic rings. The monoisotopic (exact) mass is 258 g/mol. The second-order valence-electron chi connectivity index (χ2n) is 3.77. The predicted octanol–water partition coefficient (Wildman–Crippen LogP) is 1.01. The normalized spacial score (nSPS) is 11.5. The van der Waals surface area contributed by atoms with Crippen LogP contribution < -0.4 is 11.1 Å². The van der Waals surface area contributed by atoms with Crippen LogP contribution in [0.15, 0.2) is 24.3 Å². The second kappa shape index (κ2) is 8.06. The molecule has 0 aromatic heterocycles. The Kier molecular flexibility index (Phi) is 7.54. The number of ether oxygens (including phenoxy) is 1. The highest BCUT2D eigenvalue weighted by Crippen LogP contribution is 2.02. The number of rotatable bonds is 5. The molecule has 0 saturated carbocycles. The van der Waals surface area contributed by atoms with Crippen molar-refractivity contribution in [1.29, 1.82) is 0 Å². The highest BCUT2D eigenvalue weighted by Gasteiger charge is 2.11. The number of amides is 1. The van der Waals surface area contributed by atoms with Crippen LogP contribution in [0.2, 0.25) is 0 Å². The van der Waals surface area contributed by atoms with Crippen molar-refractivity contribution in [3.05, 3.63) is 35.4 Å². The van der Waals surface area contributed by atoms with Gasteiger partial charge in [-0.1, -0.05) is 29.8 Å². The van der Waals surface area contributed by atoms with Gasteiger partial charge in [0.15, 0.2) is 0 Å². The Balaban J connectivity index is 0.00000256. The Morgan fingerprint density at radius 3 is 2.53 bits per heavy atom. The van der Waals surface area contributed by atoms with E-state index in [1.54, 1.807) is 0 Å². The first kappa shape index (κ1) is 15.9. The van der Waals surface area contributed by atoms with Crippen molar-refractivity contribution < 1.29 is 9.53 Å². The fraction of sp³-hybridized carbons (Fsp3) is 0.417. The highest BCUT2D eigenvalue weighted by molar-refractivity contribution is 5.85. The van der Waals surface area contributed by atoms with Crippen LogP contribution >= 0.6 is 12.4 Å². The van der Waals surface area contributed by atoms with Crippen LogP contribution in [-0.4, -0.2) is 25.7 Å². The van der Waals surface area contributed by atoms with E-state index in [0.717, 1.165) is 5.56 Å². The molecular formula is C12H19ClN2O2. The zero-order valence-corrected chi connectivity index (χ0v) is 10.9. The van der Waals surface area contributed by atoms with Gasteiger partial charge in [0, 0.05) is 13.7 Å². The minimum Gasteiger partial charge on any atom is -0.383 e. The van der Waals surface area contributed by atoms with Gasteiger partial charge in [0.1, 0.15) is 6.04 Å². The third kappa shape index (κ3) is 5.68. The van der Waals surface area contributed by atoms with E-state index in [-0.39, 0.29) is 24.9 Å². The van der Waals surface area contributed by atoms with Crippen molar-refractivity contribution >= 4 is 18.3 Å². The van der Waals surface area contributed by atoms with E-state index in [0.29, 0.717) is 6.54 Å². The van der Waals surface area contributed by atoms with Crippen LogP contribution in [0.25, 0.3) is 0 Å². The van der Waals surface area contributed by atoms with Crippen molar-refractivity contribution in [2.24, 2.45) is 5.73 Å². The largest absolute Gasteiger partial charge is 0.383 e. The van der Waals surface area contributed by atoms with Gasteiger partial charge < -0.3 is 15.8 Å². The van der Waals surface area contributed by atoms with E-state index in [4.69, 9.17) is 10.5 Å². The van der Waals surface area contributed by atoms with E-state index in [1.807, 2.05) is 31.2 Å². The lowest BCUT2D eigenvalue weighted by molar-refractivity contribution is -0.123. The van der Waals surface area contributed by atoms with Crippen LogP contribution in [-0.2, 0) is 16.1 Å². The fourth-order valence-corrected chi connectivity index (χ4v) is 1.28. The lowest BCUT2D eigenvalue weighted by Gasteiger charge is -2.11. The number of hydrogen-bond acceptors (Lipinski definition) is 3. The Morgan fingerprint density at radius 2 is 2.00 bits per heavy atom. The van der Waals surface area contributed by atoms with Gasteiger partial charge in [0.05, 0.1) is 6.61 Å². The summed E-state index contributed by atoms with van der Waals surface area (Å²) in [5, 5.41) is 2.76. The van der Waals surface area contributed by atoms with E-state index in [9.17, 15) is 4.79 Å². The van der Waals surface area contributed by atoms with Gasteiger partial charge >= 0.3 is 0 Å². The molecule has 0 aliphatic heterocycles. The van der Waals surface area contributed by atoms with Gasteiger partial charge in [-0.05, 0) is 12.5 Å². The zero-order valence-electron chi connectivity index (χ0n) is 10.1. The number of halogens is 1. The summed E-state index contributed by atoms with van der Waals surface area (Å²) >= 11 is 0. The zero-order chi connectivity index (χ0) is 12.0. The molecule has 17 heavy (non-hydrogen) atoms. The molecular weight excluding hydrogens is 240 g/mol. The third-order valence-electron chi connectivity index (χ3n) is 2.27. The number of nitrogens with two attached hydrogens (primary N) is 1. The molecule has 96 valence electrons. The molecule has 0 fully saturated rings. The van der Waals surface area contributed by atoms with Crippen LogP contribution in [0.5, 0.6) is 0 Å². The summed E-state index contributed by atoms with van der Waals surface area (Å²) in [6.45, 7) is 2.76. The first-order chi connectivity index (χ1) is 7.63. The van der Waals surface area contributed by atoms with E-state index in [1.165, 1.54) is 12.7 Å². The summed E-state index contributed by atoms with van der Waals surface area (Å²) in [7, 11) is 1.52. The fourth-order valence-electron chi connectivity index (χ4n) is 1.28. The molecule has 1 amide bonds. The van der Waals surface area contributed by atoms with Crippen molar-refractivity contribution in [3.63, 3.8) is 0 Å². The Hall–Kier alpha value is -1.10. The summed E-state index contributed by atoms with van der Waals surface area (Å²) in [4.78, 5) is 11.5. The van der Waals surface area contributed by atoms with Gasteiger partial charge in [0.25, 0.3) is 0 Å². The molecule has 0 saturated heterocycles. The molecule has 0 aliphatic carbocycles. The Morgan fingerprint density at radius 1 is 1.41 bits per heavy atom. The highest BCUT2D eigenvalue weighted by atomic mass is 35.5. The maximum absolute atomic E-state index is 11.5. The summed E-state index contributed by atoms with van der Waals surface area (Å²) in [6, 6.07) is 7.39. The SMILES string of the molecule is COCC(N)C(=O)NCc1ccc(C)cc1.Cl. The number of carbonyl (C=O) groups excluding carboxylic acids is 1. The Labute approximate surface area is 108 Å². The van der Waals surface area contributed by atoms with Gasteiger partial charge in [-0.25, -0.2) is 0 Å². The predicted molar refractivity (Wildman–Crippen MR) is 70.1 cm³/mol. The maximum atomic E-state index is 11.5. The van der Waals surface area contributed by atoms with Crippen LogP contribution in [0.4, 0.5) is 0 Å². The molecule has 0 spiro atoms. The molecule has 0 heterocycles. The molecule has 3 N–H and O–H groups in total. The first-order valence-electron chi connectivity index (χ1n) is 5.21. The molecule has 1 rings (SSSR count). The number of methoxy groups -OCH3 is 1. The lowest BCUT2D eigenvalue weighted by atomic mass is 10.1. The molecule has 0 bridgehead atoms. The molecule has 1 unspecified atom stereocenters. The molecule has 1 aromatic carbocycles. The number of nitrogens with one attached hydrogen (secondary N) is 1. The van der Waals surface area contributed by atoms with Crippen molar-refractivity contribution in [2.75, 3.05) is 13.7 Å². The van der Waals surface area contributed by atoms with Crippen LogP contribution in [0.1, 0.15) is 11.1 Å². The molecule has 0 aliphatic rings. The topological polar surface area (TPSA) is 64.3 Å². The van der Waals surface area contributed by atoms with Crippen LogP contribution in [0.3, 0.4) is 0 Å². The lowest BCUT2D eigenvalue weighted by Crippen LogP contribution is -2.43. The average molecular weight is 259 g/mol. The number of hydrogen-bond donors (Lipinski definition) is 2. The van der Waals surface area contributed by atoms with Gasteiger partial charge in [0.2, 0.25) is 5.91 Å². The van der Waals surface area contributed by atoms with E-state index in [2.05, 4.69) is 5.32 Å². The summed E-state index contributed by atoms with van der Waals surface area (Å²) in [5.74, 6) is -0.192. The second-order valence-corrected chi connectivity index (χ2v) is 3.77. The first-order valence-corrected chi connectivity index (χ1v) is 5.21. The van der Waals surface area contributed by atoms with E-state index < -0.39 is 6.04 Å². The number of carbonyl (C=O) groups is 1. The van der Waals surface area contributed by atoms with Crippen LogP contribution in [0, 0.1) is 6.92 Å². The molecule has 0 radical (unpaired) electrons. The summed E-state index contributed by atoms with van der Waals surface area (Å²) in [6.07, 6.45) is 0. The number of aryl methyl sites for hydroxylation is 1. The summed E-state index contributed by atoms with van der Waals surface area (Å²) in [5.41, 5.74) is 7.84. The smallest absolute Gasteiger partial charge is 0.239 e. The molecule has 1 atom stereocenters. The minimum atomic E-state index is -0.601. The molecule has 4 nitrogen and oxygen atoms in total. The van der Waals surface area contributed by atoms with Gasteiger partial charge in [-0.2, -0.15) is 0 Å².